The first-order chi connectivity index (χ1) is 8.58. The summed E-state index contributed by atoms with van der Waals surface area (Å²) in [7, 11) is 3.93. The molecule has 2 rings (SSSR count). The molecule has 0 aromatic carbocycles. The number of hydrogen-bond donors (Lipinski definition) is 1. The van der Waals surface area contributed by atoms with Crippen LogP contribution in [0.5, 0.6) is 0 Å². The van der Waals surface area contributed by atoms with E-state index in [0.29, 0.717) is 0 Å². The van der Waals surface area contributed by atoms with Gasteiger partial charge in [0.25, 0.3) is 0 Å². The van der Waals surface area contributed by atoms with Gasteiger partial charge in [0.2, 0.25) is 0 Å². The van der Waals surface area contributed by atoms with Gasteiger partial charge in [-0.1, -0.05) is 6.07 Å². The van der Waals surface area contributed by atoms with E-state index >= 15 is 0 Å². The van der Waals surface area contributed by atoms with E-state index in [4.69, 9.17) is 5.73 Å². The Labute approximate surface area is 107 Å². The van der Waals surface area contributed by atoms with Gasteiger partial charge in [-0.05, 0) is 13.0 Å². The zero-order chi connectivity index (χ0) is 13.1. The van der Waals surface area contributed by atoms with Crippen molar-refractivity contribution in [2.45, 2.75) is 19.5 Å². The van der Waals surface area contributed by atoms with Crippen LogP contribution in [-0.4, -0.2) is 21.8 Å². The second-order valence-corrected chi connectivity index (χ2v) is 4.58. The van der Waals surface area contributed by atoms with Gasteiger partial charge in [0.1, 0.15) is 5.82 Å². The monoisotopic (exact) mass is 245 g/mol. The van der Waals surface area contributed by atoms with Gasteiger partial charge in [0.15, 0.2) is 0 Å². The second kappa shape index (κ2) is 5.18. The lowest BCUT2D eigenvalue weighted by molar-refractivity contribution is 0.765. The molecule has 0 spiro atoms. The number of aromatic nitrogens is 3. The van der Waals surface area contributed by atoms with Crippen LogP contribution in [0.15, 0.2) is 30.7 Å². The molecule has 2 aromatic heterocycles. The van der Waals surface area contributed by atoms with Gasteiger partial charge >= 0.3 is 0 Å². The standard InChI is InChI=1S/C13H19N5/c1-10(14)12-5-4-6-15-13(12)17(2)8-11-7-16-18(3)9-11/h4-7,9-10H,8,14H2,1-3H3. The van der Waals surface area contributed by atoms with Gasteiger partial charge in [-0.2, -0.15) is 5.10 Å². The molecule has 0 saturated carbocycles. The predicted molar refractivity (Wildman–Crippen MR) is 72.2 cm³/mol. The van der Waals surface area contributed by atoms with Crippen molar-refractivity contribution in [3.63, 3.8) is 0 Å². The molecule has 0 aliphatic carbocycles. The van der Waals surface area contributed by atoms with Crippen LogP contribution < -0.4 is 10.6 Å². The summed E-state index contributed by atoms with van der Waals surface area (Å²) in [4.78, 5) is 6.51. The molecule has 5 nitrogen and oxygen atoms in total. The fourth-order valence-corrected chi connectivity index (χ4v) is 1.99. The number of anilines is 1. The summed E-state index contributed by atoms with van der Waals surface area (Å²) in [5, 5.41) is 4.17. The summed E-state index contributed by atoms with van der Waals surface area (Å²) in [5.41, 5.74) is 8.18. The highest BCUT2D eigenvalue weighted by Crippen LogP contribution is 2.22. The van der Waals surface area contributed by atoms with Crippen LogP contribution in [-0.2, 0) is 13.6 Å². The van der Waals surface area contributed by atoms with Gasteiger partial charge in [-0.25, -0.2) is 4.98 Å². The average Bonchev–Trinajstić information content (AvgIpc) is 2.74. The molecule has 2 heterocycles. The van der Waals surface area contributed by atoms with E-state index < -0.39 is 0 Å². The lowest BCUT2D eigenvalue weighted by Crippen LogP contribution is -2.21. The number of nitrogens with zero attached hydrogens (tertiary/aromatic N) is 4. The molecule has 0 radical (unpaired) electrons. The summed E-state index contributed by atoms with van der Waals surface area (Å²) in [6.07, 6.45) is 5.66. The molecule has 2 aromatic rings. The smallest absolute Gasteiger partial charge is 0.133 e. The molecule has 0 aliphatic rings. The maximum Gasteiger partial charge on any atom is 0.133 e. The lowest BCUT2D eigenvalue weighted by atomic mass is 10.1. The molecule has 1 unspecified atom stereocenters. The molecule has 0 fully saturated rings. The third-order valence-corrected chi connectivity index (χ3v) is 2.85. The van der Waals surface area contributed by atoms with Crippen LogP contribution in [0.4, 0.5) is 5.82 Å². The Morgan fingerprint density at radius 3 is 2.89 bits per heavy atom. The summed E-state index contributed by atoms with van der Waals surface area (Å²) in [5.74, 6) is 0.927. The van der Waals surface area contributed by atoms with Crippen molar-refractivity contribution in [2.24, 2.45) is 12.8 Å². The Hall–Kier alpha value is -1.88. The van der Waals surface area contributed by atoms with E-state index in [9.17, 15) is 0 Å². The van der Waals surface area contributed by atoms with Crippen molar-refractivity contribution in [1.29, 1.82) is 0 Å². The molecule has 18 heavy (non-hydrogen) atoms. The quantitative estimate of drug-likeness (QED) is 0.886. The average molecular weight is 245 g/mol. The minimum Gasteiger partial charge on any atom is -0.355 e. The van der Waals surface area contributed by atoms with E-state index in [-0.39, 0.29) is 6.04 Å². The highest BCUT2D eigenvalue weighted by atomic mass is 15.2. The van der Waals surface area contributed by atoms with Crippen LogP contribution in [0.1, 0.15) is 24.1 Å². The van der Waals surface area contributed by atoms with Gasteiger partial charge < -0.3 is 10.6 Å². The highest BCUT2D eigenvalue weighted by molar-refractivity contribution is 5.47. The van der Waals surface area contributed by atoms with Crippen molar-refractivity contribution in [2.75, 3.05) is 11.9 Å². The molecular weight excluding hydrogens is 226 g/mol. The minimum atomic E-state index is -0.0231. The number of aryl methyl sites for hydroxylation is 1. The molecule has 0 bridgehead atoms. The number of pyridine rings is 1. The fourth-order valence-electron chi connectivity index (χ4n) is 1.99. The SMILES string of the molecule is CC(N)c1cccnc1N(C)Cc1cnn(C)c1. The summed E-state index contributed by atoms with van der Waals surface area (Å²) < 4.78 is 1.80. The molecule has 1 atom stereocenters. The lowest BCUT2D eigenvalue weighted by Gasteiger charge is -2.21. The maximum atomic E-state index is 5.97. The van der Waals surface area contributed by atoms with Crippen LogP contribution in [0.25, 0.3) is 0 Å². The Bertz CT molecular complexity index is 518. The molecule has 2 N–H and O–H groups in total. The number of rotatable bonds is 4. The Kier molecular flexibility index (Phi) is 3.62. The topological polar surface area (TPSA) is 60.0 Å². The van der Waals surface area contributed by atoms with E-state index in [1.165, 1.54) is 0 Å². The van der Waals surface area contributed by atoms with Crippen LogP contribution >= 0.6 is 0 Å². The fraction of sp³-hybridized carbons (Fsp3) is 0.385. The first-order valence-electron chi connectivity index (χ1n) is 5.97. The number of nitrogens with two attached hydrogens (primary N) is 1. The van der Waals surface area contributed by atoms with Gasteiger partial charge in [0.05, 0.1) is 6.20 Å². The van der Waals surface area contributed by atoms with E-state index in [1.807, 2.05) is 45.5 Å². The van der Waals surface area contributed by atoms with Crippen LogP contribution in [0.2, 0.25) is 0 Å². The molecular formula is C13H19N5. The van der Waals surface area contributed by atoms with Crippen LogP contribution in [0, 0.1) is 0 Å². The third-order valence-electron chi connectivity index (χ3n) is 2.85. The summed E-state index contributed by atoms with van der Waals surface area (Å²) in [6.45, 7) is 2.74. The minimum absolute atomic E-state index is 0.0231. The van der Waals surface area contributed by atoms with Gasteiger partial charge in [-0.15, -0.1) is 0 Å². The molecule has 5 heteroatoms. The van der Waals surface area contributed by atoms with Crippen molar-refractivity contribution in [1.82, 2.24) is 14.8 Å². The zero-order valence-electron chi connectivity index (χ0n) is 11.0. The van der Waals surface area contributed by atoms with Gasteiger partial charge in [0, 0.05) is 50.2 Å². The molecule has 0 aliphatic heterocycles. The maximum absolute atomic E-state index is 5.97. The predicted octanol–water partition coefficient (Wildman–Crippen LogP) is 1.47. The van der Waals surface area contributed by atoms with E-state index in [1.54, 1.807) is 10.9 Å². The second-order valence-electron chi connectivity index (χ2n) is 4.58. The molecule has 96 valence electrons. The van der Waals surface area contributed by atoms with Crippen LogP contribution in [0.3, 0.4) is 0 Å². The van der Waals surface area contributed by atoms with E-state index in [2.05, 4.69) is 15.0 Å². The normalized spacial score (nSPS) is 12.4. The van der Waals surface area contributed by atoms with Crippen molar-refractivity contribution in [3.05, 3.63) is 41.9 Å². The molecule has 0 amide bonds. The first-order valence-corrected chi connectivity index (χ1v) is 5.97. The number of hydrogen-bond acceptors (Lipinski definition) is 4. The Morgan fingerprint density at radius 1 is 1.50 bits per heavy atom. The largest absolute Gasteiger partial charge is 0.355 e. The third kappa shape index (κ3) is 2.68. The summed E-state index contributed by atoms with van der Waals surface area (Å²) >= 11 is 0. The highest BCUT2D eigenvalue weighted by Gasteiger charge is 2.12. The summed E-state index contributed by atoms with van der Waals surface area (Å²) in [6, 6.07) is 3.91. The molecule has 0 saturated heterocycles. The Morgan fingerprint density at radius 2 is 2.28 bits per heavy atom. The van der Waals surface area contributed by atoms with Crippen molar-refractivity contribution < 1.29 is 0 Å². The van der Waals surface area contributed by atoms with Gasteiger partial charge in [-0.3, -0.25) is 4.68 Å². The van der Waals surface area contributed by atoms with E-state index in [0.717, 1.165) is 23.5 Å². The van der Waals surface area contributed by atoms with Crippen molar-refractivity contribution >= 4 is 5.82 Å². The zero-order valence-corrected chi connectivity index (χ0v) is 11.0. The Balaban J connectivity index is 2.20. The first kappa shape index (κ1) is 12.6. The van der Waals surface area contributed by atoms with Crippen molar-refractivity contribution in [3.8, 4) is 0 Å².